The van der Waals surface area contributed by atoms with E-state index in [9.17, 15) is 4.79 Å². The molecule has 4 aromatic rings. The van der Waals surface area contributed by atoms with E-state index < -0.39 is 0 Å². The summed E-state index contributed by atoms with van der Waals surface area (Å²) in [5.74, 6) is 1.52. The molecule has 166 valence electrons. The minimum atomic E-state index is -0.179. The summed E-state index contributed by atoms with van der Waals surface area (Å²) in [7, 11) is 0. The number of nitrogens with one attached hydrogen (secondary N) is 1. The highest BCUT2D eigenvalue weighted by molar-refractivity contribution is 5.91. The van der Waals surface area contributed by atoms with E-state index in [4.69, 9.17) is 15.2 Å². The zero-order chi connectivity index (χ0) is 23.0. The van der Waals surface area contributed by atoms with Crippen molar-refractivity contribution < 1.29 is 9.32 Å². The molecule has 1 aromatic carbocycles. The van der Waals surface area contributed by atoms with Gasteiger partial charge in [-0.25, -0.2) is 14.5 Å². The number of fused-ring (bicyclic) bond motifs is 1. The lowest BCUT2D eigenvalue weighted by molar-refractivity contribution is -0.115. The minimum absolute atomic E-state index is 0.149. The van der Waals surface area contributed by atoms with Gasteiger partial charge in [-0.15, -0.1) is 0 Å². The van der Waals surface area contributed by atoms with E-state index in [0.717, 1.165) is 28.3 Å². The van der Waals surface area contributed by atoms with Gasteiger partial charge in [0.1, 0.15) is 23.4 Å². The number of nitrogen functional groups attached to an aromatic ring is 1. The monoisotopic (exact) mass is 433 g/mol. The summed E-state index contributed by atoms with van der Waals surface area (Å²) in [5.41, 5.74) is 9.91. The fourth-order valence-electron chi connectivity index (χ4n) is 3.39. The summed E-state index contributed by atoms with van der Waals surface area (Å²) in [6.07, 6.45) is 1.64. The van der Waals surface area contributed by atoms with Gasteiger partial charge in [-0.1, -0.05) is 64.0 Å². The van der Waals surface area contributed by atoms with E-state index in [0.29, 0.717) is 17.2 Å². The van der Waals surface area contributed by atoms with Crippen LogP contribution in [0.15, 0.2) is 41.2 Å². The smallest absolute Gasteiger partial charge is 0.231 e. The summed E-state index contributed by atoms with van der Waals surface area (Å²) < 4.78 is 6.98. The number of imidazole rings is 1. The predicted octanol–water partition coefficient (Wildman–Crippen LogP) is 3.96. The van der Waals surface area contributed by atoms with Crippen molar-refractivity contribution in [3.63, 3.8) is 0 Å². The Labute approximate surface area is 186 Å². The van der Waals surface area contributed by atoms with Gasteiger partial charge in [0, 0.05) is 23.0 Å². The van der Waals surface area contributed by atoms with Gasteiger partial charge in [-0.05, 0) is 5.56 Å². The number of hydrogen-bond donors (Lipinski definition) is 2. The van der Waals surface area contributed by atoms with Crippen LogP contribution >= 0.6 is 0 Å². The van der Waals surface area contributed by atoms with Gasteiger partial charge >= 0.3 is 0 Å². The quantitative estimate of drug-likeness (QED) is 0.488. The van der Waals surface area contributed by atoms with Crippen molar-refractivity contribution in [2.24, 2.45) is 0 Å². The largest absolute Gasteiger partial charge is 0.382 e. The molecule has 0 aliphatic carbocycles. The number of aromatic nitrogens is 5. The number of benzene rings is 1. The average Bonchev–Trinajstić information content (AvgIpc) is 3.34. The first-order valence-corrected chi connectivity index (χ1v) is 10.5. The molecule has 32 heavy (non-hydrogen) atoms. The molecule has 0 atom stereocenters. The van der Waals surface area contributed by atoms with Gasteiger partial charge in [0.15, 0.2) is 5.82 Å². The Kier molecular flexibility index (Phi) is 5.41. The van der Waals surface area contributed by atoms with Crippen molar-refractivity contribution in [2.75, 3.05) is 11.1 Å². The van der Waals surface area contributed by atoms with Crippen molar-refractivity contribution in [1.29, 1.82) is 0 Å². The second-order valence-electron chi connectivity index (χ2n) is 9.13. The molecule has 9 heteroatoms. The molecule has 0 unspecified atom stereocenters. The standard InChI is InChI=1S/C23H27N7O2/c1-13(2)22-28-19(20-21(24)25-12-26-30(20)22)15-8-6-14(7-9-15)10-17(31)27-18-11-16(29-32-18)23(3,4)5/h6-9,11-13H,10H2,1-5H3,(H,27,31)(H2,24,25,26). The molecule has 4 rings (SSSR count). The lowest BCUT2D eigenvalue weighted by Crippen LogP contribution is -2.14. The zero-order valence-corrected chi connectivity index (χ0v) is 18.9. The molecule has 9 nitrogen and oxygen atoms in total. The topological polar surface area (TPSA) is 124 Å². The van der Waals surface area contributed by atoms with Crippen LogP contribution in [0.25, 0.3) is 16.8 Å². The molecule has 1 amide bonds. The third-order valence-corrected chi connectivity index (χ3v) is 5.14. The Balaban J connectivity index is 1.53. The highest BCUT2D eigenvalue weighted by Crippen LogP contribution is 2.30. The molecule has 3 N–H and O–H groups in total. The Morgan fingerprint density at radius 3 is 2.56 bits per heavy atom. The van der Waals surface area contributed by atoms with Crippen LogP contribution in [0.5, 0.6) is 0 Å². The van der Waals surface area contributed by atoms with E-state index in [1.165, 1.54) is 6.33 Å². The molecule has 0 radical (unpaired) electrons. The number of carbonyl (C=O) groups is 1. The summed E-state index contributed by atoms with van der Waals surface area (Å²) in [5, 5.41) is 11.1. The van der Waals surface area contributed by atoms with Crippen molar-refractivity contribution in [3.05, 3.63) is 53.7 Å². The first-order chi connectivity index (χ1) is 15.1. The van der Waals surface area contributed by atoms with Crippen molar-refractivity contribution in [1.82, 2.24) is 24.7 Å². The van der Waals surface area contributed by atoms with Crippen LogP contribution in [0.4, 0.5) is 11.7 Å². The first kappa shape index (κ1) is 21.5. The van der Waals surface area contributed by atoms with Crippen LogP contribution in [0.3, 0.4) is 0 Å². The molecule has 0 aliphatic rings. The lowest BCUT2D eigenvalue weighted by Gasteiger charge is -2.12. The van der Waals surface area contributed by atoms with Crippen LogP contribution in [-0.4, -0.2) is 30.6 Å². The molecule has 3 aromatic heterocycles. The second-order valence-corrected chi connectivity index (χ2v) is 9.13. The minimum Gasteiger partial charge on any atom is -0.382 e. The Hall–Kier alpha value is -3.75. The first-order valence-electron chi connectivity index (χ1n) is 10.5. The van der Waals surface area contributed by atoms with E-state index in [-0.39, 0.29) is 23.7 Å². The second kappa shape index (κ2) is 8.07. The van der Waals surface area contributed by atoms with Gasteiger partial charge in [-0.2, -0.15) is 5.10 Å². The van der Waals surface area contributed by atoms with Gasteiger partial charge < -0.3 is 10.3 Å². The van der Waals surface area contributed by atoms with Crippen LogP contribution in [-0.2, 0) is 16.6 Å². The summed E-state index contributed by atoms with van der Waals surface area (Å²) >= 11 is 0. The zero-order valence-electron chi connectivity index (χ0n) is 18.9. The Bertz CT molecular complexity index is 1260. The van der Waals surface area contributed by atoms with Gasteiger partial charge in [-0.3, -0.25) is 10.1 Å². The van der Waals surface area contributed by atoms with Gasteiger partial charge in [0.05, 0.1) is 12.1 Å². The highest BCUT2D eigenvalue weighted by atomic mass is 16.5. The van der Waals surface area contributed by atoms with E-state index in [2.05, 4.69) is 34.4 Å². The molecule has 0 saturated heterocycles. The lowest BCUT2D eigenvalue weighted by atomic mass is 9.92. The third-order valence-electron chi connectivity index (χ3n) is 5.14. The molecule has 0 aliphatic heterocycles. The predicted molar refractivity (Wildman–Crippen MR) is 122 cm³/mol. The Morgan fingerprint density at radius 1 is 1.22 bits per heavy atom. The molecular formula is C23H27N7O2. The summed E-state index contributed by atoms with van der Waals surface area (Å²) in [6, 6.07) is 9.40. The van der Waals surface area contributed by atoms with Gasteiger partial charge in [0.2, 0.25) is 11.8 Å². The van der Waals surface area contributed by atoms with E-state index in [1.54, 1.807) is 10.6 Å². The van der Waals surface area contributed by atoms with Crippen LogP contribution in [0.2, 0.25) is 0 Å². The number of hydrogen-bond acceptors (Lipinski definition) is 7. The number of anilines is 2. The average molecular weight is 434 g/mol. The van der Waals surface area contributed by atoms with E-state index >= 15 is 0 Å². The van der Waals surface area contributed by atoms with Crippen LogP contribution < -0.4 is 11.1 Å². The Morgan fingerprint density at radius 2 is 1.94 bits per heavy atom. The number of carbonyl (C=O) groups excluding carboxylic acids is 1. The maximum absolute atomic E-state index is 12.4. The van der Waals surface area contributed by atoms with Crippen molar-refractivity contribution in [3.8, 4) is 11.3 Å². The van der Waals surface area contributed by atoms with E-state index in [1.807, 2.05) is 45.0 Å². The third kappa shape index (κ3) is 4.18. The number of amides is 1. The summed E-state index contributed by atoms with van der Waals surface area (Å²) in [6.45, 7) is 10.2. The highest BCUT2D eigenvalue weighted by Gasteiger charge is 2.21. The van der Waals surface area contributed by atoms with Crippen molar-refractivity contribution >= 4 is 23.1 Å². The molecule has 0 spiro atoms. The van der Waals surface area contributed by atoms with Crippen molar-refractivity contribution in [2.45, 2.75) is 52.4 Å². The fourth-order valence-corrected chi connectivity index (χ4v) is 3.39. The summed E-state index contributed by atoms with van der Waals surface area (Å²) in [4.78, 5) is 21.3. The normalized spacial score (nSPS) is 11.9. The molecule has 3 heterocycles. The van der Waals surface area contributed by atoms with Crippen LogP contribution in [0, 0.1) is 0 Å². The molecule has 0 fully saturated rings. The molecule has 0 bridgehead atoms. The number of nitrogens with two attached hydrogens (primary N) is 1. The maximum atomic E-state index is 12.4. The number of rotatable bonds is 5. The molecular weight excluding hydrogens is 406 g/mol. The SMILES string of the molecule is CC(C)c1nc(-c2ccc(CC(=O)Nc3cc(C(C)(C)C)no3)cc2)c2c(N)ncnn12. The molecule has 0 saturated carbocycles. The van der Waals surface area contributed by atoms with Gasteiger partial charge in [0.25, 0.3) is 0 Å². The fraction of sp³-hybridized carbons (Fsp3) is 0.348. The van der Waals surface area contributed by atoms with Crippen LogP contribution in [0.1, 0.15) is 57.6 Å². The maximum Gasteiger partial charge on any atom is 0.231 e. The number of nitrogens with zero attached hydrogens (tertiary/aromatic N) is 5.